The first-order valence-corrected chi connectivity index (χ1v) is 17.3. The fourth-order valence-corrected chi connectivity index (χ4v) is 7.21. The number of hydrogen-bond donors (Lipinski definition) is 1. The van der Waals surface area contributed by atoms with Crippen molar-refractivity contribution in [1.29, 1.82) is 0 Å². The van der Waals surface area contributed by atoms with E-state index in [4.69, 9.17) is 0 Å². The summed E-state index contributed by atoms with van der Waals surface area (Å²) in [6.07, 6.45) is 5.71. The molecule has 1 N–H and O–H groups in total. The molecule has 0 bridgehead atoms. The Morgan fingerprint density at radius 3 is 2.09 bits per heavy atom. The second-order valence-electron chi connectivity index (χ2n) is 12.0. The summed E-state index contributed by atoms with van der Waals surface area (Å²) in [6.45, 7) is 5.37. The van der Waals surface area contributed by atoms with Crippen molar-refractivity contribution in [3.8, 4) is 0 Å². The second-order valence-corrected chi connectivity index (χ2v) is 14.0. The molecule has 0 spiro atoms. The van der Waals surface area contributed by atoms with E-state index in [-0.39, 0.29) is 41.1 Å². The first-order chi connectivity index (χ1) is 20.7. The summed E-state index contributed by atoms with van der Waals surface area (Å²) >= 11 is 0. The van der Waals surface area contributed by atoms with Gasteiger partial charge in [-0.25, -0.2) is 8.42 Å². The van der Waals surface area contributed by atoms with Crippen LogP contribution in [0.3, 0.4) is 0 Å². The maximum Gasteiger partial charge on any atom is 0.227 e. The lowest BCUT2D eigenvalue weighted by Crippen LogP contribution is -2.48. The highest BCUT2D eigenvalue weighted by molar-refractivity contribution is 7.90. The second kappa shape index (κ2) is 13.9. The number of likely N-dealkylation sites (tertiary alicyclic amines) is 1. The van der Waals surface area contributed by atoms with Crippen LogP contribution in [-0.2, 0) is 38.7 Å². The van der Waals surface area contributed by atoms with E-state index in [2.05, 4.69) is 34.5 Å². The molecule has 2 aliphatic rings. The van der Waals surface area contributed by atoms with Gasteiger partial charge in [0.1, 0.15) is 0 Å². The molecule has 0 radical (unpaired) electrons. The molecule has 1 fully saturated rings. The molecule has 3 aromatic carbocycles. The number of nitrogens with one attached hydrogen (secondary N) is 1. The lowest BCUT2D eigenvalue weighted by Gasteiger charge is -2.38. The van der Waals surface area contributed by atoms with Crippen LogP contribution in [0.5, 0.6) is 0 Å². The molecule has 1 saturated heterocycles. The summed E-state index contributed by atoms with van der Waals surface area (Å²) in [5, 5.41) is 3.38. The molecule has 228 valence electrons. The van der Waals surface area contributed by atoms with Crippen LogP contribution in [0.1, 0.15) is 54.5 Å². The van der Waals surface area contributed by atoms with Gasteiger partial charge in [0.2, 0.25) is 11.8 Å². The molecule has 0 aromatic heterocycles. The van der Waals surface area contributed by atoms with Crippen LogP contribution < -0.4 is 5.32 Å². The van der Waals surface area contributed by atoms with E-state index in [1.54, 1.807) is 24.3 Å². The van der Waals surface area contributed by atoms with Crippen LogP contribution in [0, 0.1) is 5.92 Å². The minimum atomic E-state index is -3.26. The normalized spacial score (nSPS) is 16.9. The lowest BCUT2D eigenvalue weighted by molar-refractivity contribution is -0.133. The van der Waals surface area contributed by atoms with Gasteiger partial charge < -0.3 is 15.1 Å². The summed E-state index contributed by atoms with van der Waals surface area (Å²) in [7, 11) is -3.26. The van der Waals surface area contributed by atoms with Gasteiger partial charge in [0, 0.05) is 44.4 Å². The fourth-order valence-electron chi connectivity index (χ4n) is 6.58. The molecule has 0 saturated carbocycles. The molecule has 1 heterocycles. The Kier molecular flexibility index (Phi) is 9.98. The van der Waals surface area contributed by atoms with Gasteiger partial charge in [-0.3, -0.25) is 9.59 Å². The minimum absolute atomic E-state index is 0.0189. The number of carbonyl (C=O) groups excluding carboxylic acids is 2. The van der Waals surface area contributed by atoms with E-state index in [0.29, 0.717) is 6.54 Å². The average Bonchev–Trinajstić information content (AvgIpc) is 3.45. The molecule has 7 nitrogen and oxygen atoms in total. The van der Waals surface area contributed by atoms with Gasteiger partial charge in [-0.1, -0.05) is 66.7 Å². The Morgan fingerprint density at radius 1 is 0.907 bits per heavy atom. The van der Waals surface area contributed by atoms with Crippen LogP contribution in [0.4, 0.5) is 0 Å². The first-order valence-electron chi connectivity index (χ1n) is 15.4. The topological polar surface area (TPSA) is 86.8 Å². The summed E-state index contributed by atoms with van der Waals surface area (Å²) in [4.78, 5) is 31.3. The Bertz CT molecular complexity index is 1470. The number of rotatable bonds is 11. The van der Waals surface area contributed by atoms with E-state index in [1.807, 2.05) is 42.2 Å². The van der Waals surface area contributed by atoms with Crippen molar-refractivity contribution in [1.82, 2.24) is 15.1 Å². The van der Waals surface area contributed by atoms with Crippen molar-refractivity contribution < 1.29 is 18.0 Å². The quantitative estimate of drug-likeness (QED) is 0.347. The van der Waals surface area contributed by atoms with Crippen molar-refractivity contribution in [3.63, 3.8) is 0 Å². The lowest BCUT2D eigenvalue weighted by atomic mass is 9.98. The van der Waals surface area contributed by atoms with Crippen molar-refractivity contribution in [2.45, 2.75) is 62.4 Å². The van der Waals surface area contributed by atoms with Crippen molar-refractivity contribution in [2.75, 3.05) is 32.4 Å². The molecule has 43 heavy (non-hydrogen) atoms. The van der Waals surface area contributed by atoms with Crippen molar-refractivity contribution in [3.05, 3.63) is 101 Å². The highest BCUT2D eigenvalue weighted by Crippen LogP contribution is 2.28. The SMILES string of the molecule is CCN(C(=O)Cc1ccc(S(C)(=O)=O)cc1)C1CCN(CCC(NC(=O)C2Cc3ccccc3C2)c2ccccc2)CC1. The monoisotopic (exact) mass is 601 g/mol. The molecule has 8 heteroatoms. The van der Waals surface area contributed by atoms with Gasteiger partial charge in [0.05, 0.1) is 17.4 Å². The third-order valence-electron chi connectivity index (χ3n) is 9.04. The highest BCUT2D eigenvalue weighted by atomic mass is 32.2. The number of likely N-dealkylation sites (N-methyl/N-ethyl adjacent to an activating group) is 1. The summed E-state index contributed by atoms with van der Waals surface area (Å²) < 4.78 is 23.5. The average molecular weight is 602 g/mol. The van der Waals surface area contributed by atoms with Gasteiger partial charge in [0.25, 0.3) is 0 Å². The zero-order chi connectivity index (χ0) is 30.4. The first kappa shape index (κ1) is 31.0. The summed E-state index contributed by atoms with van der Waals surface area (Å²) in [5.41, 5.74) is 4.52. The number of nitrogens with zero attached hydrogens (tertiary/aromatic N) is 2. The van der Waals surface area contributed by atoms with Crippen molar-refractivity contribution in [2.24, 2.45) is 5.92 Å². The molecular weight excluding hydrogens is 558 g/mol. The molecule has 5 rings (SSSR count). The summed E-state index contributed by atoms with van der Waals surface area (Å²) in [5.74, 6) is 0.190. The largest absolute Gasteiger partial charge is 0.349 e. The van der Waals surface area contributed by atoms with E-state index in [9.17, 15) is 18.0 Å². The number of piperidine rings is 1. The number of amides is 2. The van der Waals surface area contributed by atoms with Gasteiger partial charge in [0.15, 0.2) is 9.84 Å². The third kappa shape index (κ3) is 7.92. The van der Waals surface area contributed by atoms with Gasteiger partial charge >= 0.3 is 0 Å². The van der Waals surface area contributed by atoms with E-state index < -0.39 is 9.84 Å². The Balaban J connectivity index is 1.13. The van der Waals surface area contributed by atoms with E-state index in [1.165, 1.54) is 17.4 Å². The van der Waals surface area contributed by atoms with Crippen LogP contribution >= 0.6 is 0 Å². The molecule has 1 aliphatic carbocycles. The Labute approximate surface area is 256 Å². The Hall–Kier alpha value is -3.49. The highest BCUT2D eigenvalue weighted by Gasteiger charge is 2.30. The maximum atomic E-state index is 13.4. The summed E-state index contributed by atoms with van der Waals surface area (Å²) in [6, 6.07) is 25.4. The van der Waals surface area contributed by atoms with Gasteiger partial charge in [-0.2, -0.15) is 0 Å². The smallest absolute Gasteiger partial charge is 0.227 e. The van der Waals surface area contributed by atoms with Crippen LogP contribution in [0.25, 0.3) is 0 Å². The fraction of sp³-hybridized carbons (Fsp3) is 0.429. The maximum absolute atomic E-state index is 13.4. The van der Waals surface area contributed by atoms with E-state index in [0.717, 1.165) is 62.9 Å². The Morgan fingerprint density at radius 2 is 1.51 bits per heavy atom. The van der Waals surface area contributed by atoms with Gasteiger partial charge in [-0.15, -0.1) is 0 Å². The van der Waals surface area contributed by atoms with Crippen LogP contribution in [0.15, 0.2) is 83.8 Å². The number of fused-ring (bicyclic) bond motifs is 1. The van der Waals surface area contributed by atoms with Crippen molar-refractivity contribution >= 4 is 21.7 Å². The van der Waals surface area contributed by atoms with E-state index >= 15 is 0 Å². The molecule has 3 aromatic rings. The number of carbonyl (C=O) groups is 2. The number of sulfone groups is 1. The minimum Gasteiger partial charge on any atom is -0.349 e. The number of hydrogen-bond acceptors (Lipinski definition) is 5. The predicted molar refractivity (Wildman–Crippen MR) is 169 cm³/mol. The molecule has 2 amide bonds. The molecule has 1 aliphatic heterocycles. The number of benzene rings is 3. The van der Waals surface area contributed by atoms with Crippen LogP contribution in [-0.4, -0.2) is 68.5 Å². The zero-order valence-corrected chi connectivity index (χ0v) is 26.1. The third-order valence-corrected chi connectivity index (χ3v) is 10.2. The molecular formula is C35H43N3O4S. The van der Waals surface area contributed by atoms with Gasteiger partial charge in [-0.05, 0) is 73.4 Å². The predicted octanol–water partition coefficient (Wildman–Crippen LogP) is 4.61. The standard InChI is InChI=1S/C35H43N3O4S/c1-3-38(34(39)23-26-13-15-32(16-14-26)43(2,41)42)31-17-20-37(21-18-31)22-19-33(27-9-5-4-6-10-27)36-35(40)30-24-28-11-7-8-12-29(28)25-30/h4-16,30-31,33H,3,17-25H2,1-2H3,(H,36,40). The molecule has 1 unspecified atom stereocenters. The molecule has 1 atom stereocenters. The zero-order valence-electron chi connectivity index (χ0n) is 25.2. The van der Waals surface area contributed by atoms with Crippen LogP contribution in [0.2, 0.25) is 0 Å².